The van der Waals surface area contributed by atoms with Crippen LogP contribution in [0.4, 0.5) is 17.1 Å². The van der Waals surface area contributed by atoms with E-state index in [-0.39, 0.29) is 0 Å². The quantitative estimate of drug-likeness (QED) is 0.141. The molecule has 2 heteroatoms. The SMILES string of the molecule is c1ccc(-c2ccc(-c3ccc(N(c4ccc(-c5ccccc5)cc4)c4ccc(-c5ccccc5-n5c6ccccc6c6ccccc65)cc4-c4ccc5ccccc5c4)cc3)cc2)cc1. The Bertz CT molecular complexity index is 3610. The molecular weight excluding hydrogens is 797 g/mol. The minimum atomic E-state index is 1.08. The number of rotatable bonds is 9. The number of nitrogens with zero attached hydrogens (tertiary/aromatic N) is 2. The van der Waals surface area contributed by atoms with Gasteiger partial charge >= 0.3 is 0 Å². The van der Waals surface area contributed by atoms with E-state index in [0.29, 0.717) is 0 Å². The summed E-state index contributed by atoms with van der Waals surface area (Å²) in [5.74, 6) is 0. The predicted octanol–water partition coefficient (Wildman–Crippen LogP) is 17.7. The molecule has 0 amide bonds. The first-order chi connectivity index (χ1) is 32.7. The topological polar surface area (TPSA) is 8.17 Å². The van der Waals surface area contributed by atoms with Crippen molar-refractivity contribution in [2.45, 2.75) is 0 Å². The van der Waals surface area contributed by atoms with Gasteiger partial charge in [0.05, 0.1) is 22.4 Å². The van der Waals surface area contributed by atoms with Gasteiger partial charge in [0.15, 0.2) is 0 Å². The molecule has 66 heavy (non-hydrogen) atoms. The van der Waals surface area contributed by atoms with Crippen LogP contribution in [0.2, 0.25) is 0 Å². The van der Waals surface area contributed by atoms with Crippen molar-refractivity contribution in [3.05, 3.63) is 267 Å². The molecule has 0 aliphatic carbocycles. The van der Waals surface area contributed by atoms with Crippen LogP contribution in [0.25, 0.3) is 93.9 Å². The maximum Gasteiger partial charge on any atom is 0.0541 e. The van der Waals surface area contributed by atoms with Crippen LogP contribution in [0.1, 0.15) is 0 Å². The third kappa shape index (κ3) is 7.12. The van der Waals surface area contributed by atoms with Crippen molar-refractivity contribution < 1.29 is 0 Å². The predicted molar refractivity (Wildman–Crippen MR) is 280 cm³/mol. The van der Waals surface area contributed by atoms with Crippen LogP contribution in [-0.4, -0.2) is 4.57 Å². The highest BCUT2D eigenvalue weighted by Gasteiger charge is 2.21. The van der Waals surface area contributed by atoms with Crippen LogP contribution in [0.3, 0.4) is 0 Å². The molecule has 0 unspecified atom stereocenters. The number of anilines is 3. The number of fused-ring (bicyclic) bond motifs is 4. The fraction of sp³-hybridized carbons (Fsp3) is 0. The smallest absolute Gasteiger partial charge is 0.0541 e. The Kier molecular flexibility index (Phi) is 9.89. The monoisotopic (exact) mass is 840 g/mol. The van der Waals surface area contributed by atoms with Gasteiger partial charge in [-0.1, -0.05) is 206 Å². The van der Waals surface area contributed by atoms with Gasteiger partial charge in [0, 0.05) is 33.3 Å². The molecule has 1 aromatic heterocycles. The number of hydrogen-bond donors (Lipinski definition) is 0. The number of hydrogen-bond acceptors (Lipinski definition) is 1. The second kappa shape index (κ2) is 16.8. The highest BCUT2D eigenvalue weighted by atomic mass is 15.1. The van der Waals surface area contributed by atoms with E-state index < -0.39 is 0 Å². The highest BCUT2D eigenvalue weighted by molar-refractivity contribution is 6.10. The zero-order valence-electron chi connectivity index (χ0n) is 36.3. The van der Waals surface area contributed by atoms with Gasteiger partial charge in [0.2, 0.25) is 0 Å². The molecule has 11 aromatic carbocycles. The van der Waals surface area contributed by atoms with Crippen LogP contribution >= 0.6 is 0 Å². The van der Waals surface area contributed by atoms with Crippen LogP contribution in [0.5, 0.6) is 0 Å². The average molecular weight is 841 g/mol. The molecule has 0 saturated carbocycles. The lowest BCUT2D eigenvalue weighted by Crippen LogP contribution is -2.11. The molecule has 0 saturated heterocycles. The molecule has 0 radical (unpaired) electrons. The number of para-hydroxylation sites is 3. The minimum Gasteiger partial charge on any atom is -0.310 e. The molecule has 0 aliphatic rings. The molecule has 310 valence electrons. The van der Waals surface area contributed by atoms with Crippen molar-refractivity contribution >= 4 is 49.6 Å². The van der Waals surface area contributed by atoms with Gasteiger partial charge in [-0.05, 0) is 116 Å². The Balaban J connectivity index is 1.03. The second-order valence-corrected chi connectivity index (χ2v) is 16.9. The van der Waals surface area contributed by atoms with Crippen molar-refractivity contribution in [2.24, 2.45) is 0 Å². The fourth-order valence-electron chi connectivity index (χ4n) is 9.73. The summed E-state index contributed by atoms with van der Waals surface area (Å²) in [5, 5.41) is 4.92. The molecule has 0 atom stereocenters. The summed E-state index contributed by atoms with van der Waals surface area (Å²) >= 11 is 0. The molecule has 0 fully saturated rings. The summed E-state index contributed by atoms with van der Waals surface area (Å²) in [4.78, 5) is 2.42. The first-order valence-electron chi connectivity index (χ1n) is 22.7. The first kappa shape index (κ1) is 38.9. The summed E-state index contributed by atoms with van der Waals surface area (Å²) < 4.78 is 2.43. The van der Waals surface area contributed by atoms with E-state index >= 15 is 0 Å². The maximum atomic E-state index is 2.43. The van der Waals surface area contributed by atoms with Crippen molar-refractivity contribution in [1.29, 1.82) is 0 Å². The summed E-state index contributed by atoms with van der Waals surface area (Å²) in [5.41, 5.74) is 18.5. The molecule has 0 N–H and O–H groups in total. The summed E-state index contributed by atoms with van der Waals surface area (Å²) in [6.07, 6.45) is 0. The molecule has 0 spiro atoms. The molecule has 0 aliphatic heterocycles. The van der Waals surface area contributed by atoms with Gasteiger partial charge < -0.3 is 9.47 Å². The van der Waals surface area contributed by atoms with Crippen molar-refractivity contribution in [3.8, 4) is 61.3 Å². The standard InChI is InChI=1S/C64H44N2/c1-3-15-45(16-4-1)48-27-29-49(30-28-48)51-35-40-56(41-36-51)65(55-38-33-50(34-39-55)46-17-5-2-6-18-46)64-42-37-54(44-60(64)53-32-31-47-19-7-8-20-52(47)43-53)57-21-9-12-24-61(57)66-62-25-13-10-22-58(62)59-23-11-14-26-63(59)66/h1-44H. The highest BCUT2D eigenvalue weighted by Crippen LogP contribution is 2.45. The minimum absolute atomic E-state index is 1.08. The molecule has 0 bridgehead atoms. The molecule has 12 aromatic rings. The lowest BCUT2D eigenvalue weighted by Gasteiger charge is -2.29. The third-order valence-corrected chi connectivity index (χ3v) is 13.0. The second-order valence-electron chi connectivity index (χ2n) is 16.9. The van der Waals surface area contributed by atoms with Crippen LogP contribution in [-0.2, 0) is 0 Å². The van der Waals surface area contributed by atoms with Gasteiger partial charge in [0.1, 0.15) is 0 Å². The van der Waals surface area contributed by atoms with Crippen LogP contribution < -0.4 is 4.90 Å². The van der Waals surface area contributed by atoms with E-state index in [4.69, 9.17) is 0 Å². The van der Waals surface area contributed by atoms with Gasteiger partial charge in [-0.2, -0.15) is 0 Å². The van der Waals surface area contributed by atoms with Gasteiger partial charge in [-0.15, -0.1) is 0 Å². The summed E-state index contributed by atoms with van der Waals surface area (Å²) in [6, 6.07) is 97.0. The Morgan fingerprint density at radius 1 is 0.258 bits per heavy atom. The molecular formula is C64H44N2. The van der Waals surface area contributed by atoms with Crippen LogP contribution in [0.15, 0.2) is 267 Å². The number of benzene rings is 11. The zero-order chi connectivity index (χ0) is 43.8. The number of aromatic nitrogens is 1. The van der Waals surface area contributed by atoms with E-state index in [0.717, 1.165) is 39.4 Å². The van der Waals surface area contributed by atoms with Crippen molar-refractivity contribution in [1.82, 2.24) is 4.57 Å². The molecule has 1 heterocycles. The largest absolute Gasteiger partial charge is 0.310 e. The average Bonchev–Trinajstić information content (AvgIpc) is 3.74. The Morgan fingerprint density at radius 2 is 0.667 bits per heavy atom. The van der Waals surface area contributed by atoms with Gasteiger partial charge in [0.25, 0.3) is 0 Å². The van der Waals surface area contributed by atoms with Gasteiger partial charge in [-0.3, -0.25) is 0 Å². The third-order valence-electron chi connectivity index (χ3n) is 13.0. The normalized spacial score (nSPS) is 11.3. The summed E-state index contributed by atoms with van der Waals surface area (Å²) in [6.45, 7) is 0. The van der Waals surface area contributed by atoms with E-state index in [1.807, 2.05) is 0 Å². The van der Waals surface area contributed by atoms with E-state index in [1.54, 1.807) is 0 Å². The Labute approximate surface area is 385 Å². The molecule has 12 rings (SSSR count). The maximum absolute atomic E-state index is 2.43. The van der Waals surface area contributed by atoms with Gasteiger partial charge in [-0.25, -0.2) is 0 Å². The first-order valence-corrected chi connectivity index (χ1v) is 22.7. The Morgan fingerprint density at radius 3 is 1.24 bits per heavy atom. The summed E-state index contributed by atoms with van der Waals surface area (Å²) in [7, 11) is 0. The van der Waals surface area contributed by atoms with E-state index in [9.17, 15) is 0 Å². The fourth-order valence-corrected chi connectivity index (χ4v) is 9.73. The lowest BCUT2D eigenvalue weighted by atomic mass is 9.93. The van der Waals surface area contributed by atoms with E-state index in [2.05, 4.69) is 276 Å². The Hall–Kier alpha value is -8.72. The zero-order valence-corrected chi connectivity index (χ0v) is 36.3. The van der Waals surface area contributed by atoms with Crippen molar-refractivity contribution in [3.63, 3.8) is 0 Å². The van der Waals surface area contributed by atoms with Crippen LogP contribution in [0, 0.1) is 0 Å². The van der Waals surface area contributed by atoms with E-state index in [1.165, 1.54) is 71.5 Å². The molecule has 2 nitrogen and oxygen atoms in total. The van der Waals surface area contributed by atoms with Crippen molar-refractivity contribution in [2.75, 3.05) is 4.90 Å². The lowest BCUT2D eigenvalue weighted by molar-refractivity contribution is 1.18.